The number of halogens is 3. The lowest BCUT2D eigenvalue weighted by Crippen LogP contribution is -2.38. The highest BCUT2D eigenvalue weighted by Crippen LogP contribution is 2.51. The summed E-state index contributed by atoms with van der Waals surface area (Å²) in [4.78, 5) is 29.7. The number of ketones is 2. The van der Waals surface area contributed by atoms with Crippen LogP contribution >= 0.6 is 39.1 Å². The number of hydrogen-bond acceptors (Lipinski definition) is 5. The summed E-state index contributed by atoms with van der Waals surface area (Å²) in [6.07, 6.45) is 4.17. The monoisotopic (exact) mass is 665 g/mol. The first-order valence-corrected chi connectivity index (χ1v) is 15.7. The van der Waals surface area contributed by atoms with Crippen LogP contribution in [0.15, 0.2) is 87.7 Å². The van der Waals surface area contributed by atoms with Crippen molar-refractivity contribution in [1.29, 1.82) is 0 Å². The average molecular weight is 667 g/mol. The van der Waals surface area contributed by atoms with Crippen molar-refractivity contribution in [1.82, 2.24) is 4.90 Å². The summed E-state index contributed by atoms with van der Waals surface area (Å²) in [5.74, 6) is 0.788. The van der Waals surface area contributed by atoms with Gasteiger partial charge in [0.1, 0.15) is 6.61 Å². The number of rotatable bonds is 7. The number of carbonyl (C=O) groups is 2. The molecule has 6 rings (SSSR count). The minimum absolute atomic E-state index is 0.108. The Kier molecular flexibility index (Phi) is 8.49. The lowest BCUT2D eigenvalue weighted by atomic mass is 9.71. The summed E-state index contributed by atoms with van der Waals surface area (Å²) in [5, 5.41) is 1.07. The van der Waals surface area contributed by atoms with Crippen LogP contribution in [0.3, 0.4) is 0 Å². The number of nitrogens with zero attached hydrogens (tertiary/aromatic N) is 1. The molecule has 1 aliphatic heterocycles. The van der Waals surface area contributed by atoms with Gasteiger partial charge in [0.25, 0.3) is 0 Å². The van der Waals surface area contributed by atoms with Gasteiger partial charge in [0.2, 0.25) is 0 Å². The van der Waals surface area contributed by atoms with Gasteiger partial charge in [-0.25, -0.2) is 0 Å². The Labute approximate surface area is 264 Å². The first-order chi connectivity index (χ1) is 20.4. The van der Waals surface area contributed by atoms with Gasteiger partial charge in [0.15, 0.2) is 23.1 Å². The minimum atomic E-state index is -0.451. The van der Waals surface area contributed by atoms with E-state index < -0.39 is 5.92 Å². The minimum Gasteiger partial charge on any atom is -0.493 e. The number of carbonyl (C=O) groups excluding carboxylic acids is 2. The Hall–Kier alpha value is -3.06. The molecular formula is C34H30BrCl2NO4. The lowest BCUT2D eigenvalue weighted by Gasteiger charge is -2.44. The summed E-state index contributed by atoms with van der Waals surface area (Å²) in [7, 11) is 1.59. The van der Waals surface area contributed by atoms with Crippen molar-refractivity contribution in [2.75, 3.05) is 7.11 Å². The van der Waals surface area contributed by atoms with Crippen LogP contribution in [0.2, 0.25) is 10.0 Å². The van der Waals surface area contributed by atoms with Gasteiger partial charge in [-0.15, -0.1) is 0 Å². The standard InChI is InChI=1S/C34H30BrCl2NO4/c1-41-30-16-22(15-24(35)34(30)42-19-21-13-14-23(36)17-25(21)37)31-32-26(9-5-11-28(32)39)38(18-20-7-3-2-4-8-20)27-10-6-12-29(40)33(27)31/h2-4,7-8,13-17,31H,5-6,9-12,18-19H2,1H3. The molecule has 0 aromatic heterocycles. The van der Waals surface area contributed by atoms with E-state index in [1.807, 2.05) is 36.4 Å². The Balaban J connectivity index is 1.43. The van der Waals surface area contributed by atoms with E-state index in [4.69, 9.17) is 32.7 Å². The number of hydrogen-bond donors (Lipinski definition) is 0. The fraction of sp³-hybridized carbons (Fsp3) is 0.294. The SMILES string of the molecule is COc1cc(C2C3=C(CCCC3=O)N(Cc3ccccc3)C3=C2C(=O)CCC3)cc(Br)c1OCc1ccc(Cl)cc1Cl. The maximum absolute atomic E-state index is 13.7. The van der Waals surface area contributed by atoms with Gasteiger partial charge in [-0.2, -0.15) is 0 Å². The number of benzene rings is 3. The normalized spacial score (nSPS) is 17.4. The van der Waals surface area contributed by atoms with Gasteiger partial charge in [0, 0.05) is 63.5 Å². The van der Waals surface area contributed by atoms with E-state index in [2.05, 4.69) is 33.0 Å². The van der Waals surface area contributed by atoms with Gasteiger partial charge >= 0.3 is 0 Å². The number of allylic oxidation sites excluding steroid dienone is 4. The summed E-state index contributed by atoms with van der Waals surface area (Å²) < 4.78 is 12.7. The van der Waals surface area contributed by atoms with E-state index in [-0.39, 0.29) is 18.2 Å². The smallest absolute Gasteiger partial charge is 0.175 e. The third kappa shape index (κ3) is 5.52. The van der Waals surface area contributed by atoms with Crippen LogP contribution in [0.4, 0.5) is 0 Å². The fourth-order valence-electron chi connectivity index (χ4n) is 6.34. The predicted molar refractivity (Wildman–Crippen MR) is 168 cm³/mol. The molecule has 0 radical (unpaired) electrons. The Morgan fingerprint density at radius 1 is 0.881 bits per heavy atom. The Morgan fingerprint density at radius 2 is 1.55 bits per heavy atom. The van der Waals surface area contributed by atoms with Gasteiger partial charge < -0.3 is 14.4 Å². The predicted octanol–water partition coefficient (Wildman–Crippen LogP) is 8.96. The van der Waals surface area contributed by atoms with Crippen LogP contribution in [-0.4, -0.2) is 23.6 Å². The van der Waals surface area contributed by atoms with Crippen molar-refractivity contribution in [3.05, 3.63) is 114 Å². The summed E-state index contributed by atoms with van der Waals surface area (Å²) in [5.41, 5.74) is 6.33. The van der Waals surface area contributed by atoms with Gasteiger partial charge in [0.05, 0.1) is 11.6 Å². The molecule has 8 heteroatoms. The molecule has 1 heterocycles. The number of methoxy groups -OCH3 is 1. The van der Waals surface area contributed by atoms with E-state index in [1.165, 1.54) is 0 Å². The van der Waals surface area contributed by atoms with Gasteiger partial charge in [-0.05, 0) is 77.0 Å². The van der Waals surface area contributed by atoms with Gasteiger partial charge in [-0.1, -0.05) is 59.6 Å². The molecule has 0 unspecified atom stereocenters. The molecule has 0 saturated carbocycles. The molecule has 3 aromatic carbocycles. The van der Waals surface area contributed by atoms with Crippen molar-refractivity contribution in [3.63, 3.8) is 0 Å². The van der Waals surface area contributed by atoms with Crippen molar-refractivity contribution >= 4 is 50.7 Å². The van der Waals surface area contributed by atoms with Crippen LogP contribution in [0, 0.1) is 0 Å². The molecule has 0 N–H and O–H groups in total. The molecule has 3 aliphatic rings. The Bertz CT molecular complexity index is 1590. The quantitative estimate of drug-likeness (QED) is 0.252. The van der Waals surface area contributed by atoms with Crippen LogP contribution < -0.4 is 9.47 Å². The molecular weight excluding hydrogens is 637 g/mol. The molecule has 216 valence electrons. The van der Waals surface area contributed by atoms with E-state index >= 15 is 0 Å². The fourth-order valence-corrected chi connectivity index (χ4v) is 7.38. The maximum Gasteiger partial charge on any atom is 0.175 e. The molecule has 0 amide bonds. The molecule has 0 spiro atoms. The van der Waals surface area contributed by atoms with Crippen molar-refractivity contribution in [3.8, 4) is 11.5 Å². The zero-order valence-corrected chi connectivity index (χ0v) is 26.3. The zero-order valence-electron chi connectivity index (χ0n) is 23.2. The molecule has 3 aromatic rings. The van der Waals surface area contributed by atoms with Crippen molar-refractivity contribution in [2.24, 2.45) is 0 Å². The lowest BCUT2D eigenvalue weighted by molar-refractivity contribution is -0.117. The molecule has 0 saturated heterocycles. The molecule has 42 heavy (non-hydrogen) atoms. The van der Waals surface area contributed by atoms with Crippen LogP contribution in [0.25, 0.3) is 0 Å². The first-order valence-electron chi connectivity index (χ1n) is 14.1. The third-order valence-electron chi connectivity index (χ3n) is 8.24. The second-order valence-electron chi connectivity index (χ2n) is 10.8. The molecule has 2 aliphatic carbocycles. The van der Waals surface area contributed by atoms with E-state index in [0.717, 1.165) is 64.9 Å². The third-order valence-corrected chi connectivity index (χ3v) is 9.42. The van der Waals surface area contributed by atoms with Crippen LogP contribution in [0.1, 0.15) is 61.1 Å². The first kappa shape index (κ1) is 29.0. The summed E-state index contributed by atoms with van der Waals surface area (Å²) >= 11 is 16.1. The highest BCUT2D eigenvalue weighted by atomic mass is 79.9. The van der Waals surface area contributed by atoms with E-state index in [9.17, 15) is 9.59 Å². The molecule has 0 atom stereocenters. The second-order valence-corrected chi connectivity index (χ2v) is 12.5. The topological polar surface area (TPSA) is 55.8 Å². The van der Waals surface area contributed by atoms with E-state index in [1.54, 1.807) is 19.2 Å². The largest absolute Gasteiger partial charge is 0.493 e. The second kappa shape index (κ2) is 12.3. The highest BCUT2D eigenvalue weighted by Gasteiger charge is 2.43. The van der Waals surface area contributed by atoms with Crippen molar-refractivity contribution < 1.29 is 19.1 Å². The van der Waals surface area contributed by atoms with Crippen LogP contribution in [0.5, 0.6) is 11.5 Å². The summed E-state index contributed by atoms with van der Waals surface area (Å²) in [6.45, 7) is 0.850. The highest BCUT2D eigenvalue weighted by molar-refractivity contribution is 9.10. The summed E-state index contributed by atoms with van der Waals surface area (Å²) in [6, 6.07) is 19.4. The van der Waals surface area contributed by atoms with Crippen LogP contribution in [-0.2, 0) is 22.7 Å². The van der Waals surface area contributed by atoms with Gasteiger partial charge in [-0.3, -0.25) is 9.59 Å². The molecule has 5 nitrogen and oxygen atoms in total. The zero-order chi connectivity index (χ0) is 29.4. The number of ether oxygens (including phenoxy) is 2. The average Bonchev–Trinajstić information content (AvgIpc) is 2.98. The molecule has 0 bridgehead atoms. The van der Waals surface area contributed by atoms with Crippen molar-refractivity contribution in [2.45, 2.75) is 57.6 Å². The van der Waals surface area contributed by atoms with E-state index in [0.29, 0.717) is 45.4 Å². The number of Topliss-reactive ketones (excluding diaryl/α,β-unsaturated/α-hetero) is 2. The maximum atomic E-state index is 13.7. The molecule has 0 fully saturated rings. The Morgan fingerprint density at radius 3 is 2.17 bits per heavy atom.